The van der Waals surface area contributed by atoms with E-state index >= 15 is 0 Å². The fourth-order valence-corrected chi connectivity index (χ4v) is 4.31. The highest BCUT2D eigenvalue weighted by Gasteiger charge is 2.38. The van der Waals surface area contributed by atoms with Crippen molar-refractivity contribution in [3.05, 3.63) is 69.7 Å². The number of rotatable bonds is 5. The van der Waals surface area contributed by atoms with Crippen LogP contribution in [0.25, 0.3) is 11.0 Å². The molecule has 0 bridgehead atoms. The lowest BCUT2D eigenvalue weighted by molar-refractivity contribution is -0.141. The summed E-state index contributed by atoms with van der Waals surface area (Å²) < 4.78 is 45.2. The molecular weight excluding hydrogens is 477 g/mol. The van der Waals surface area contributed by atoms with Crippen LogP contribution in [0.2, 0.25) is 0 Å². The van der Waals surface area contributed by atoms with Gasteiger partial charge in [-0.05, 0) is 31.4 Å². The molecular formula is C23H19F3N8O2. The molecule has 0 aromatic carbocycles. The van der Waals surface area contributed by atoms with E-state index in [0.29, 0.717) is 23.0 Å². The number of methoxy groups -OCH3 is 1. The third kappa shape index (κ3) is 3.94. The van der Waals surface area contributed by atoms with Crippen LogP contribution in [0.4, 0.5) is 13.2 Å². The van der Waals surface area contributed by atoms with Gasteiger partial charge < -0.3 is 9.72 Å². The van der Waals surface area contributed by atoms with Gasteiger partial charge in [-0.2, -0.15) is 23.5 Å². The van der Waals surface area contributed by atoms with Crippen LogP contribution < -0.4 is 10.3 Å². The minimum atomic E-state index is -4.56. The monoisotopic (exact) mass is 496 g/mol. The first-order valence-corrected chi connectivity index (χ1v) is 11.0. The molecule has 0 aliphatic heterocycles. The van der Waals surface area contributed by atoms with Crippen molar-refractivity contribution in [1.82, 2.24) is 34.7 Å². The van der Waals surface area contributed by atoms with Gasteiger partial charge >= 0.3 is 6.18 Å². The van der Waals surface area contributed by atoms with Crippen LogP contribution >= 0.6 is 0 Å². The number of pyridine rings is 1. The number of nitriles is 1. The number of halogens is 3. The molecule has 36 heavy (non-hydrogen) atoms. The Hall–Kier alpha value is -4.34. The summed E-state index contributed by atoms with van der Waals surface area (Å²) in [5.74, 6) is 1.31. The second-order valence-corrected chi connectivity index (χ2v) is 8.48. The summed E-state index contributed by atoms with van der Waals surface area (Å²) in [5.41, 5.74) is -1.08. The van der Waals surface area contributed by atoms with Crippen LogP contribution in [0.3, 0.4) is 0 Å². The van der Waals surface area contributed by atoms with Crippen LogP contribution in [-0.4, -0.2) is 41.8 Å². The topological polar surface area (TPSA) is 135 Å². The first-order chi connectivity index (χ1) is 17.2. The Labute approximate surface area is 201 Å². The number of aromatic nitrogens is 7. The van der Waals surface area contributed by atoms with Crippen molar-refractivity contribution in [3.8, 4) is 11.8 Å². The maximum absolute atomic E-state index is 13.0. The highest BCUT2D eigenvalue weighted by Crippen LogP contribution is 2.46. The molecule has 1 saturated carbocycles. The average Bonchev–Trinajstić information content (AvgIpc) is 3.22. The lowest BCUT2D eigenvalue weighted by Gasteiger charge is -2.34. The standard InChI is InChI=1S/C23H19F3N8O2/c1-11(12-3-6-17(28-8-12)23(24,25)26)34-21-18(16(7-27)33-34)22(35)32-20(31-21)15-5-4-14(15)19-29-9-13(36-2)10-30-19/h3,6,8-11,14-15H,4-5H2,1-2H3,(H,31,32,35)/t11?,14-,15-/m1/s1. The molecule has 1 fully saturated rings. The Morgan fingerprint density at radius 1 is 1.17 bits per heavy atom. The zero-order valence-electron chi connectivity index (χ0n) is 19.1. The predicted octanol–water partition coefficient (Wildman–Crippen LogP) is 3.47. The van der Waals surface area contributed by atoms with Crippen LogP contribution in [0.5, 0.6) is 5.75 Å². The SMILES string of the molecule is COc1cnc([C@@H]2CC[C@H]2c2nc3c(c(C#N)nn3C(C)c3ccc(C(F)(F)F)nc3)c(=O)[nH]2)nc1. The van der Waals surface area contributed by atoms with Crippen molar-refractivity contribution >= 4 is 11.0 Å². The minimum Gasteiger partial charge on any atom is -0.494 e. The van der Waals surface area contributed by atoms with E-state index < -0.39 is 23.5 Å². The Kier molecular flexibility index (Phi) is 5.66. The van der Waals surface area contributed by atoms with E-state index in [-0.39, 0.29) is 28.6 Å². The van der Waals surface area contributed by atoms with Crippen molar-refractivity contribution in [3.63, 3.8) is 0 Å². The van der Waals surface area contributed by atoms with Gasteiger partial charge in [-0.15, -0.1) is 0 Å². The second kappa shape index (κ2) is 8.71. The number of nitrogens with zero attached hydrogens (tertiary/aromatic N) is 7. The first-order valence-electron chi connectivity index (χ1n) is 11.0. The second-order valence-electron chi connectivity index (χ2n) is 8.48. The summed E-state index contributed by atoms with van der Waals surface area (Å²) in [6, 6.07) is 3.42. The Morgan fingerprint density at radius 2 is 1.89 bits per heavy atom. The van der Waals surface area contributed by atoms with Gasteiger partial charge in [0.2, 0.25) is 0 Å². The molecule has 4 aromatic rings. The van der Waals surface area contributed by atoms with E-state index in [1.54, 1.807) is 19.3 Å². The molecule has 0 spiro atoms. The Bertz CT molecular complexity index is 1520. The first kappa shape index (κ1) is 23.4. The van der Waals surface area contributed by atoms with E-state index in [9.17, 15) is 23.2 Å². The quantitative estimate of drug-likeness (QED) is 0.444. The van der Waals surface area contributed by atoms with E-state index in [1.165, 1.54) is 17.9 Å². The van der Waals surface area contributed by atoms with Gasteiger partial charge in [0.15, 0.2) is 17.1 Å². The maximum atomic E-state index is 13.0. The zero-order chi connectivity index (χ0) is 25.6. The third-order valence-electron chi connectivity index (χ3n) is 6.45. The van der Waals surface area contributed by atoms with Crippen LogP contribution in [0, 0.1) is 11.3 Å². The predicted molar refractivity (Wildman–Crippen MR) is 119 cm³/mol. The number of alkyl halides is 3. The minimum absolute atomic E-state index is 0.0181. The summed E-state index contributed by atoms with van der Waals surface area (Å²) in [5, 5.41) is 13.8. The van der Waals surface area contributed by atoms with E-state index in [0.717, 1.165) is 25.1 Å². The third-order valence-corrected chi connectivity index (χ3v) is 6.45. The highest BCUT2D eigenvalue weighted by atomic mass is 19.4. The lowest BCUT2D eigenvalue weighted by Crippen LogP contribution is -2.28. The van der Waals surface area contributed by atoms with Crippen LogP contribution in [-0.2, 0) is 6.18 Å². The number of aromatic amines is 1. The fourth-order valence-electron chi connectivity index (χ4n) is 4.31. The summed E-state index contributed by atoms with van der Waals surface area (Å²) in [6.07, 6.45) is 1.23. The number of hydrogen-bond donors (Lipinski definition) is 1. The Morgan fingerprint density at radius 3 is 2.44 bits per heavy atom. The number of H-pyrrole nitrogens is 1. The largest absolute Gasteiger partial charge is 0.494 e. The molecule has 1 aliphatic rings. The summed E-state index contributed by atoms with van der Waals surface area (Å²) in [4.78, 5) is 32.6. The molecule has 10 nitrogen and oxygen atoms in total. The maximum Gasteiger partial charge on any atom is 0.433 e. The van der Waals surface area contributed by atoms with Crippen LogP contribution in [0.15, 0.2) is 35.5 Å². The van der Waals surface area contributed by atoms with Crippen molar-refractivity contribution in [2.24, 2.45) is 0 Å². The van der Waals surface area contributed by atoms with Gasteiger partial charge in [0.25, 0.3) is 5.56 Å². The molecule has 0 amide bonds. The summed E-state index contributed by atoms with van der Waals surface area (Å²) in [7, 11) is 1.52. The number of hydrogen-bond acceptors (Lipinski definition) is 8. The van der Waals surface area contributed by atoms with Gasteiger partial charge in [0, 0.05) is 18.0 Å². The van der Waals surface area contributed by atoms with Gasteiger partial charge in [-0.1, -0.05) is 6.07 Å². The van der Waals surface area contributed by atoms with Gasteiger partial charge in [-0.25, -0.2) is 19.6 Å². The molecule has 3 atom stereocenters. The Balaban J connectivity index is 1.54. The molecule has 184 valence electrons. The molecule has 1 aliphatic carbocycles. The molecule has 4 aromatic heterocycles. The number of fused-ring (bicyclic) bond motifs is 1. The molecule has 13 heteroatoms. The normalized spacial score (nSPS) is 18.4. The fraction of sp³-hybridized carbons (Fsp3) is 0.348. The van der Waals surface area contributed by atoms with E-state index in [1.807, 2.05) is 6.07 Å². The molecule has 1 unspecified atom stereocenters. The average molecular weight is 496 g/mol. The van der Waals surface area contributed by atoms with Gasteiger partial charge in [0.1, 0.15) is 28.8 Å². The van der Waals surface area contributed by atoms with Crippen molar-refractivity contribution in [2.45, 2.75) is 43.8 Å². The van der Waals surface area contributed by atoms with Gasteiger partial charge in [0.05, 0.1) is 25.5 Å². The number of ether oxygens (including phenoxy) is 1. The van der Waals surface area contributed by atoms with Crippen molar-refractivity contribution in [1.29, 1.82) is 5.26 Å². The smallest absolute Gasteiger partial charge is 0.433 e. The molecule has 0 radical (unpaired) electrons. The molecule has 1 N–H and O–H groups in total. The van der Waals surface area contributed by atoms with Crippen molar-refractivity contribution < 1.29 is 17.9 Å². The van der Waals surface area contributed by atoms with Crippen LogP contribution in [0.1, 0.15) is 66.2 Å². The molecule has 0 saturated heterocycles. The molecule has 4 heterocycles. The highest BCUT2D eigenvalue weighted by molar-refractivity contribution is 5.80. The van der Waals surface area contributed by atoms with Crippen molar-refractivity contribution in [2.75, 3.05) is 7.11 Å². The lowest BCUT2D eigenvalue weighted by atomic mass is 9.72. The van der Waals surface area contributed by atoms with E-state index in [4.69, 9.17) is 4.74 Å². The van der Waals surface area contributed by atoms with Gasteiger partial charge in [-0.3, -0.25) is 9.78 Å². The summed E-state index contributed by atoms with van der Waals surface area (Å²) in [6.45, 7) is 1.68. The molecule has 5 rings (SSSR count). The summed E-state index contributed by atoms with van der Waals surface area (Å²) >= 11 is 0. The number of nitrogens with one attached hydrogen (secondary N) is 1. The zero-order valence-corrected chi connectivity index (χ0v) is 19.1. The van der Waals surface area contributed by atoms with E-state index in [2.05, 4.69) is 30.0 Å².